The van der Waals surface area contributed by atoms with Crippen molar-refractivity contribution in [1.82, 2.24) is 10.3 Å². The lowest BCUT2D eigenvalue weighted by molar-refractivity contribution is -0.123. The van der Waals surface area contributed by atoms with Crippen molar-refractivity contribution in [2.24, 2.45) is 5.73 Å². The molecule has 0 atom stereocenters. The van der Waals surface area contributed by atoms with E-state index in [1.165, 1.54) is 11.3 Å². The number of amides is 1. The molecule has 5 heteroatoms. The molecule has 0 aliphatic rings. The van der Waals surface area contributed by atoms with Gasteiger partial charge in [0.15, 0.2) is 0 Å². The van der Waals surface area contributed by atoms with E-state index in [4.69, 9.17) is 5.73 Å². The molecule has 1 amide bonds. The topological polar surface area (TPSA) is 68.0 Å². The predicted octanol–water partition coefficient (Wildman–Crippen LogP) is 0.497. The fourth-order valence-electron chi connectivity index (χ4n) is 0.723. The van der Waals surface area contributed by atoms with Crippen LogP contribution in [0.4, 0.5) is 0 Å². The minimum absolute atomic E-state index is 0.359. The fourth-order valence-corrected chi connectivity index (χ4v) is 1.28. The first-order valence-corrected chi connectivity index (χ1v) is 4.88. The van der Waals surface area contributed by atoms with E-state index in [2.05, 4.69) is 10.3 Å². The number of nitrogens with one attached hydrogen (secondary N) is 1. The Bertz CT molecular complexity index is 282. The first-order valence-electron chi connectivity index (χ1n) is 3.94. The van der Waals surface area contributed by atoms with Gasteiger partial charge in [0, 0.05) is 11.9 Å². The smallest absolute Gasteiger partial charge is 0.237 e. The molecule has 0 bridgehead atoms. The molecule has 13 heavy (non-hydrogen) atoms. The Labute approximate surface area is 81.2 Å². The molecule has 0 fully saturated rings. The number of aromatic nitrogens is 1. The predicted molar refractivity (Wildman–Crippen MR) is 52.2 cm³/mol. The minimum atomic E-state index is -0.677. The first kappa shape index (κ1) is 10.1. The summed E-state index contributed by atoms with van der Waals surface area (Å²) >= 11 is 1.53. The molecule has 1 aromatic rings. The van der Waals surface area contributed by atoms with E-state index in [9.17, 15) is 4.79 Å². The molecule has 1 heterocycles. The third-order valence-electron chi connectivity index (χ3n) is 1.81. The van der Waals surface area contributed by atoms with Gasteiger partial charge in [0.1, 0.15) is 0 Å². The van der Waals surface area contributed by atoms with Crippen LogP contribution in [0.3, 0.4) is 0 Å². The molecule has 0 spiro atoms. The summed E-state index contributed by atoms with van der Waals surface area (Å²) in [7, 11) is 0. The van der Waals surface area contributed by atoms with E-state index in [0.717, 1.165) is 5.69 Å². The zero-order valence-corrected chi connectivity index (χ0v) is 8.52. The van der Waals surface area contributed by atoms with Crippen molar-refractivity contribution < 1.29 is 4.79 Å². The highest BCUT2D eigenvalue weighted by molar-refractivity contribution is 7.07. The standard InChI is InChI=1S/C8H13N3OS/c1-8(2,7(9)12)11-3-6-4-13-5-10-6/h4-5,11H,3H2,1-2H3,(H2,9,12). The van der Waals surface area contributed by atoms with Crippen LogP contribution in [-0.2, 0) is 11.3 Å². The lowest BCUT2D eigenvalue weighted by Crippen LogP contribution is -2.50. The van der Waals surface area contributed by atoms with Crippen LogP contribution in [0.2, 0.25) is 0 Å². The first-order chi connectivity index (χ1) is 6.02. The number of carbonyl (C=O) groups excluding carboxylic acids is 1. The Kier molecular flexibility index (Phi) is 3.00. The number of thiazole rings is 1. The van der Waals surface area contributed by atoms with E-state index in [1.54, 1.807) is 19.4 Å². The third-order valence-corrected chi connectivity index (χ3v) is 2.45. The van der Waals surface area contributed by atoms with Crippen LogP contribution >= 0.6 is 11.3 Å². The number of hydrogen-bond donors (Lipinski definition) is 2. The van der Waals surface area contributed by atoms with Crippen molar-refractivity contribution in [3.05, 3.63) is 16.6 Å². The van der Waals surface area contributed by atoms with Crippen LogP contribution in [0, 0.1) is 0 Å². The molecule has 1 rings (SSSR count). The molecule has 0 saturated carbocycles. The minimum Gasteiger partial charge on any atom is -0.368 e. The number of rotatable bonds is 4. The maximum Gasteiger partial charge on any atom is 0.237 e. The van der Waals surface area contributed by atoms with Crippen LogP contribution < -0.4 is 11.1 Å². The van der Waals surface area contributed by atoms with Crippen LogP contribution in [0.25, 0.3) is 0 Å². The monoisotopic (exact) mass is 199 g/mol. The van der Waals surface area contributed by atoms with Crippen molar-refractivity contribution >= 4 is 17.2 Å². The van der Waals surface area contributed by atoms with Crippen LogP contribution in [0.5, 0.6) is 0 Å². The maximum absolute atomic E-state index is 10.9. The van der Waals surface area contributed by atoms with Crippen molar-refractivity contribution in [3.63, 3.8) is 0 Å². The van der Waals surface area contributed by atoms with Gasteiger partial charge in [-0.25, -0.2) is 4.98 Å². The maximum atomic E-state index is 10.9. The van der Waals surface area contributed by atoms with Gasteiger partial charge >= 0.3 is 0 Å². The summed E-state index contributed by atoms with van der Waals surface area (Å²) in [4.78, 5) is 15.0. The normalized spacial score (nSPS) is 11.5. The number of carbonyl (C=O) groups is 1. The largest absolute Gasteiger partial charge is 0.368 e. The van der Waals surface area contributed by atoms with E-state index in [-0.39, 0.29) is 5.91 Å². The molecule has 0 radical (unpaired) electrons. The molecular weight excluding hydrogens is 186 g/mol. The SMILES string of the molecule is CC(C)(NCc1cscn1)C(N)=O. The van der Waals surface area contributed by atoms with Gasteiger partial charge in [-0.3, -0.25) is 10.1 Å². The van der Waals surface area contributed by atoms with E-state index < -0.39 is 5.54 Å². The summed E-state index contributed by atoms with van der Waals surface area (Å²) in [6.45, 7) is 4.07. The van der Waals surface area contributed by atoms with Crippen molar-refractivity contribution in [2.75, 3.05) is 0 Å². The highest BCUT2D eigenvalue weighted by Gasteiger charge is 2.23. The highest BCUT2D eigenvalue weighted by atomic mass is 32.1. The Balaban J connectivity index is 2.47. The summed E-state index contributed by atoms with van der Waals surface area (Å²) in [5.41, 5.74) is 7.20. The summed E-state index contributed by atoms with van der Waals surface area (Å²) in [6, 6.07) is 0. The second kappa shape index (κ2) is 3.85. The Hall–Kier alpha value is -0.940. The number of primary amides is 1. The molecule has 0 aromatic carbocycles. The van der Waals surface area contributed by atoms with E-state index in [0.29, 0.717) is 6.54 Å². The van der Waals surface area contributed by atoms with E-state index in [1.807, 2.05) is 5.38 Å². The molecule has 0 unspecified atom stereocenters. The van der Waals surface area contributed by atoms with Gasteiger partial charge < -0.3 is 5.73 Å². The Morgan fingerprint density at radius 2 is 2.46 bits per heavy atom. The molecule has 1 aromatic heterocycles. The Morgan fingerprint density at radius 3 is 2.92 bits per heavy atom. The lowest BCUT2D eigenvalue weighted by atomic mass is 10.1. The molecular formula is C8H13N3OS. The molecule has 72 valence electrons. The molecule has 3 N–H and O–H groups in total. The van der Waals surface area contributed by atoms with Crippen LogP contribution in [0.1, 0.15) is 19.5 Å². The fraction of sp³-hybridized carbons (Fsp3) is 0.500. The average molecular weight is 199 g/mol. The highest BCUT2D eigenvalue weighted by Crippen LogP contribution is 2.05. The summed E-state index contributed by atoms with van der Waals surface area (Å²) < 4.78 is 0. The van der Waals surface area contributed by atoms with Crippen LogP contribution in [-0.4, -0.2) is 16.4 Å². The zero-order chi connectivity index (χ0) is 9.90. The van der Waals surface area contributed by atoms with Crippen molar-refractivity contribution in [1.29, 1.82) is 0 Å². The van der Waals surface area contributed by atoms with Gasteiger partial charge in [-0.2, -0.15) is 0 Å². The number of nitrogens with two attached hydrogens (primary N) is 1. The summed E-state index contributed by atoms with van der Waals surface area (Å²) in [6.07, 6.45) is 0. The third kappa shape index (κ3) is 2.78. The van der Waals surface area contributed by atoms with Gasteiger partial charge in [-0.05, 0) is 13.8 Å². The van der Waals surface area contributed by atoms with Gasteiger partial charge in [0.25, 0.3) is 0 Å². The molecule has 0 aliphatic heterocycles. The molecule has 4 nitrogen and oxygen atoms in total. The number of hydrogen-bond acceptors (Lipinski definition) is 4. The lowest BCUT2D eigenvalue weighted by Gasteiger charge is -2.21. The zero-order valence-electron chi connectivity index (χ0n) is 7.70. The van der Waals surface area contributed by atoms with Gasteiger partial charge in [0.2, 0.25) is 5.91 Å². The van der Waals surface area contributed by atoms with Crippen LogP contribution in [0.15, 0.2) is 10.9 Å². The summed E-state index contributed by atoms with van der Waals surface area (Å²) in [5, 5.41) is 4.97. The second-order valence-corrected chi connectivity index (χ2v) is 4.04. The Morgan fingerprint density at radius 1 is 1.77 bits per heavy atom. The van der Waals surface area contributed by atoms with E-state index >= 15 is 0 Å². The number of nitrogens with zero attached hydrogens (tertiary/aromatic N) is 1. The van der Waals surface area contributed by atoms with Gasteiger partial charge in [0.05, 0.1) is 16.7 Å². The average Bonchev–Trinajstić information content (AvgIpc) is 2.52. The van der Waals surface area contributed by atoms with Gasteiger partial charge in [-0.1, -0.05) is 0 Å². The van der Waals surface area contributed by atoms with Crippen molar-refractivity contribution in [2.45, 2.75) is 25.9 Å². The second-order valence-electron chi connectivity index (χ2n) is 3.32. The summed E-state index contributed by atoms with van der Waals surface area (Å²) in [5.74, 6) is -0.359. The molecule has 0 aliphatic carbocycles. The molecule has 0 saturated heterocycles. The van der Waals surface area contributed by atoms with Crippen molar-refractivity contribution in [3.8, 4) is 0 Å². The quantitative estimate of drug-likeness (QED) is 0.742. The van der Waals surface area contributed by atoms with Gasteiger partial charge in [-0.15, -0.1) is 11.3 Å².